The smallest absolute Gasteiger partial charge is 0.0442 e. The van der Waals surface area contributed by atoms with Crippen LogP contribution in [0.25, 0.3) is 0 Å². The van der Waals surface area contributed by atoms with Gasteiger partial charge in [0.25, 0.3) is 0 Å². The van der Waals surface area contributed by atoms with Gasteiger partial charge in [0, 0.05) is 5.97 Å². The highest BCUT2D eigenvalue weighted by atomic mass is 16.4. The van der Waals surface area contributed by atoms with Crippen molar-refractivity contribution in [2.24, 2.45) is 11.8 Å². The van der Waals surface area contributed by atoms with Crippen molar-refractivity contribution in [3.63, 3.8) is 0 Å². The predicted octanol–water partition coefficient (Wildman–Crippen LogP) is 1.59. The lowest BCUT2D eigenvalue weighted by atomic mass is 9.97. The van der Waals surface area contributed by atoms with E-state index in [4.69, 9.17) is 0 Å². The van der Waals surface area contributed by atoms with Gasteiger partial charge in [-0.1, -0.05) is 40.0 Å². The summed E-state index contributed by atoms with van der Waals surface area (Å²) in [5.74, 6) is -0.479. The molecule has 2 unspecified atom stereocenters. The number of aliphatic carboxylic acids is 1. The summed E-state index contributed by atoms with van der Waals surface area (Å²) < 4.78 is 0. The van der Waals surface area contributed by atoms with E-state index in [1.807, 2.05) is 0 Å². The zero-order chi connectivity index (χ0) is 9.56. The van der Waals surface area contributed by atoms with Gasteiger partial charge in [-0.3, -0.25) is 0 Å². The van der Waals surface area contributed by atoms with Gasteiger partial charge < -0.3 is 9.90 Å². The standard InChI is InChI=1S/C10H20O2/c1-4-8(2)6-5-7-9(3)10(11)12/h8-9H,4-7H2,1-3H3,(H,11,12)/p-1. The van der Waals surface area contributed by atoms with Gasteiger partial charge >= 0.3 is 0 Å². The van der Waals surface area contributed by atoms with Crippen LogP contribution in [0.4, 0.5) is 0 Å². The van der Waals surface area contributed by atoms with Gasteiger partial charge in [-0.05, 0) is 18.3 Å². The molecule has 0 N–H and O–H groups in total. The third-order valence-corrected chi connectivity index (χ3v) is 2.43. The minimum absolute atomic E-state index is 0.283. The minimum Gasteiger partial charge on any atom is -0.550 e. The average Bonchev–Trinajstić information content (AvgIpc) is 2.03. The highest BCUT2D eigenvalue weighted by Crippen LogP contribution is 2.14. The maximum Gasteiger partial charge on any atom is 0.0442 e. The summed E-state index contributed by atoms with van der Waals surface area (Å²) in [6, 6.07) is 0. The van der Waals surface area contributed by atoms with Crippen molar-refractivity contribution < 1.29 is 9.90 Å². The molecule has 0 saturated carbocycles. The Morgan fingerprint density at radius 3 is 2.33 bits per heavy atom. The zero-order valence-corrected chi connectivity index (χ0v) is 8.30. The van der Waals surface area contributed by atoms with Crippen molar-refractivity contribution in [2.45, 2.75) is 46.5 Å². The average molecular weight is 171 g/mol. The molecule has 0 spiro atoms. The third-order valence-electron chi connectivity index (χ3n) is 2.43. The molecular formula is C10H19O2-. The van der Waals surface area contributed by atoms with Crippen LogP contribution in [-0.4, -0.2) is 5.97 Å². The van der Waals surface area contributed by atoms with Gasteiger partial charge in [0.1, 0.15) is 0 Å². The third kappa shape index (κ3) is 5.16. The molecular weight excluding hydrogens is 152 g/mol. The maximum absolute atomic E-state index is 10.3. The molecule has 0 rings (SSSR count). The second-order valence-corrected chi connectivity index (χ2v) is 3.66. The van der Waals surface area contributed by atoms with Crippen LogP contribution >= 0.6 is 0 Å². The molecule has 2 atom stereocenters. The lowest BCUT2D eigenvalue weighted by Gasteiger charge is -2.13. The number of carbonyl (C=O) groups excluding carboxylic acids is 1. The normalized spacial score (nSPS) is 15.6. The predicted molar refractivity (Wildman–Crippen MR) is 47.5 cm³/mol. The topological polar surface area (TPSA) is 40.1 Å². The van der Waals surface area contributed by atoms with Crippen molar-refractivity contribution in [2.75, 3.05) is 0 Å². The first-order chi connectivity index (χ1) is 5.57. The van der Waals surface area contributed by atoms with E-state index < -0.39 is 5.97 Å². The highest BCUT2D eigenvalue weighted by molar-refractivity contribution is 5.66. The van der Waals surface area contributed by atoms with Gasteiger partial charge in [0.15, 0.2) is 0 Å². The van der Waals surface area contributed by atoms with E-state index >= 15 is 0 Å². The van der Waals surface area contributed by atoms with E-state index in [1.54, 1.807) is 6.92 Å². The molecule has 0 aromatic rings. The molecule has 0 amide bonds. The number of carbonyl (C=O) groups is 1. The van der Waals surface area contributed by atoms with E-state index in [2.05, 4.69) is 13.8 Å². The Morgan fingerprint density at radius 1 is 1.33 bits per heavy atom. The van der Waals surface area contributed by atoms with Crippen LogP contribution in [0.1, 0.15) is 46.5 Å². The summed E-state index contributed by atoms with van der Waals surface area (Å²) in [6.45, 7) is 6.07. The van der Waals surface area contributed by atoms with E-state index in [0.717, 1.165) is 25.2 Å². The molecule has 0 heterocycles. The van der Waals surface area contributed by atoms with Crippen LogP contribution in [0.5, 0.6) is 0 Å². The molecule has 0 aliphatic heterocycles. The summed E-state index contributed by atoms with van der Waals surface area (Å²) in [4.78, 5) is 10.3. The Hall–Kier alpha value is -0.530. The van der Waals surface area contributed by atoms with E-state index in [9.17, 15) is 9.90 Å². The fraction of sp³-hybridized carbons (Fsp3) is 0.900. The van der Waals surface area contributed by atoms with Crippen LogP contribution in [0.3, 0.4) is 0 Å². The number of rotatable bonds is 6. The van der Waals surface area contributed by atoms with Gasteiger partial charge in [0.05, 0.1) is 0 Å². The SMILES string of the molecule is CCC(C)CCCC(C)C(=O)[O-]. The fourth-order valence-corrected chi connectivity index (χ4v) is 1.09. The molecule has 0 saturated heterocycles. The Bertz CT molecular complexity index is 132. The molecule has 12 heavy (non-hydrogen) atoms. The minimum atomic E-state index is -0.917. The van der Waals surface area contributed by atoms with Crippen molar-refractivity contribution in [1.82, 2.24) is 0 Å². The van der Waals surface area contributed by atoms with Crippen LogP contribution in [0.15, 0.2) is 0 Å². The molecule has 0 aliphatic rings. The van der Waals surface area contributed by atoms with E-state index in [0.29, 0.717) is 0 Å². The molecule has 0 aromatic heterocycles. The van der Waals surface area contributed by atoms with Crippen molar-refractivity contribution in [3.8, 4) is 0 Å². The summed E-state index contributed by atoms with van der Waals surface area (Å²) >= 11 is 0. The molecule has 2 heteroatoms. The van der Waals surface area contributed by atoms with Crippen LogP contribution in [-0.2, 0) is 4.79 Å². The summed E-state index contributed by atoms with van der Waals surface area (Å²) in [5.41, 5.74) is 0. The molecule has 2 nitrogen and oxygen atoms in total. The van der Waals surface area contributed by atoms with E-state index in [1.165, 1.54) is 6.42 Å². The molecule has 0 fully saturated rings. The second-order valence-electron chi connectivity index (χ2n) is 3.66. The number of carboxylic acid groups (broad SMARTS) is 1. The Labute approximate surface area is 75.0 Å². The number of carboxylic acids is 1. The van der Waals surface area contributed by atoms with Crippen LogP contribution in [0.2, 0.25) is 0 Å². The van der Waals surface area contributed by atoms with Gasteiger partial charge in [-0.15, -0.1) is 0 Å². The highest BCUT2D eigenvalue weighted by Gasteiger charge is 2.04. The Morgan fingerprint density at radius 2 is 1.92 bits per heavy atom. The molecule has 0 aliphatic carbocycles. The maximum atomic E-state index is 10.3. The summed E-state index contributed by atoms with van der Waals surface area (Å²) in [6.07, 6.45) is 4.07. The lowest BCUT2D eigenvalue weighted by molar-refractivity contribution is -0.311. The lowest BCUT2D eigenvalue weighted by Crippen LogP contribution is -2.29. The molecule has 0 bridgehead atoms. The van der Waals surface area contributed by atoms with Gasteiger partial charge in [-0.25, -0.2) is 0 Å². The monoisotopic (exact) mass is 171 g/mol. The van der Waals surface area contributed by atoms with Crippen LogP contribution < -0.4 is 5.11 Å². The number of hydrogen-bond donors (Lipinski definition) is 0. The van der Waals surface area contributed by atoms with E-state index in [-0.39, 0.29) is 5.92 Å². The fourth-order valence-electron chi connectivity index (χ4n) is 1.09. The first kappa shape index (κ1) is 11.5. The summed E-state index contributed by atoms with van der Waals surface area (Å²) in [5, 5.41) is 10.3. The zero-order valence-electron chi connectivity index (χ0n) is 8.30. The largest absolute Gasteiger partial charge is 0.550 e. The van der Waals surface area contributed by atoms with Gasteiger partial charge in [-0.2, -0.15) is 0 Å². The van der Waals surface area contributed by atoms with Crippen LogP contribution in [0, 0.1) is 11.8 Å². The molecule has 0 radical (unpaired) electrons. The summed E-state index contributed by atoms with van der Waals surface area (Å²) in [7, 11) is 0. The molecule has 0 aromatic carbocycles. The van der Waals surface area contributed by atoms with Crippen molar-refractivity contribution in [1.29, 1.82) is 0 Å². The number of hydrogen-bond acceptors (Lipinski definition) is 2. The molecule has 72 valence electrons. The van der Waals surface area contributed by atoms with Crippen molar-refractivity contribution in [3.05, 3.63) is 0 Å². The van der Waals surface area contributed by atoms with Gasteiger partial charge in [0.2, 0.25) is 0 Å². The first-order valence-electron chi connectivity index (χ1n) is 4.78. The Kier molecular flexibility index (Phi) is 5.77. The van der Waals surface area contributed by atoms with Crippen molar-refractivity contribution >= 4 is 5.97 Å². The second kappa shape index (κ2) is 6.04. The first-order valence-corrected chi connectivity index (χ1v) is 4.78. The quantitative estimate of drug-likeness (QED) is 0.609. The Balaban J connectivity index is 3.37.